The molecule has 0 radical (unpaired) electrons. The number of carbonyl (C=O) groups is 2. The van der Waals surface area contributed by atoms with Crippen LogP contribution in [0.3, 0.4) is 0 Å². The highest BCUT2D eigenvalue weighted by molar-refractivity contribution is 5.79. The summed E-state index contributed by atoms with van der Waals surface area (Å²) < 4.78 is 0. The van der Waals surface area contributed by atoms with Crippen LogP contribution in [-0.2, 0) is 9.59 Å². The summed E-state index contributed by atoms with van der Waals surface area (Å²) in [6.45, 7) is 3.85. The highest BCUT2D eigenvalue weighted by atomic mass is 16.4. The fourth-order valence-electron chi connectivity index (χ4n) is 2.80. The lowest BCUT2D eigenvalue weighted by Gasteiger charge is -2.35. The molecule has 0 aromatic heterocycles. The minimum Gasteiger partial charge on any atom is -0.481 e. The summed E-state index contributed by atoms with van der Waals surface area (Å²) in [5, 5.41) is 8.77. The van der Waals surface area contributed by atoms with Crippen LogP contribution in [0.15, 0.2) is 0 Å². The molecule has 1 atom stereocenters. The van der Waals surface area contributed by atoms with Crippen molar-refractivity contribution < 1.29 is 14.7 Å². The second kappa shape index (κ2) is 6.37. The number of piperidine rings is 1. The Labute approximate surface area is 114 Å². The number of amides is 1. The van der Waals surface area contributed by atoms with Gasteiger partial charge in [0.2, 0.25) is 5.91 Å². The quantitative estimate of drug-likeness (QED) is 0.789. The number of aliphatic carboxylic acids is 1. The van der Waals surface area contributed by atoms with Crippen LogP contribution in [0.2, 0.25) is 0 Å². The molecule has 0 aromatic rings. The molecule has 2 fully saturated rings. The van der Waals surface area contributed by atoms with Crippen molar-refractivity contribution >= 4 is 11.9 Å². The van der Waals surface area contributed by atoms with Gasteiger partial charge in [-0.2, -0.15) is 0 Å². The molecule has 1 aliphatic carbocycles. The van der Waals surface area contributed by atoms with Gasteiger partial charge in [-0.25, -0.2) is 0 Å². The van der Waals surface area contributed by atoms with E-state index in [0.29, 0.717) is 25.2 Å². The van der Waals surface area contributed by atoms with Crippen LogP contribution >= 0.6 is 0 Å². The Morgan fingerprint density at radius 2 is 2.00 bits per heavy atom. The van der Waals surface area contributed by atoms with E-state index in [4.69, 9.17) is 5.11 Å². The minimum atomic E-state index is -0.788. The molecule has 0 bridgehead atoms. The number of carboxylic acids is 1. The predicted octanol–water partition coefficient (Wildman–Crippen LogP) is 1.33. The number of hydrogen-bond donors (Lipinski definition) is 1. The standard InChI is InChI=1S/C14H24N2O3/c1-11-4-2-3-8-16(11)13(17)10-15(12-5-6-12)9-7-14(18)19/h11-12H,2-10H2,1H3,(H,18,19). The van der Waals surface area contributed by atoms with E-state index in [1.54, 1.807) is 0 Å². The smallest absolute Gasteiger partial charge is 0.304 e. The Bertz CT molecular complexity index is 342. The van der Waals surface area contributed by atoms with Crippen molar-refractivity contribution in [2.24, 2.45) is 0 Å². The monoisotopic (exact) mass is 268 g/mol. The summed E-state index contributed by atoms with van der Waals surface area (Å²) in [6, 6.07) is 0.769. The topological polar surface area (TPSA) is 60.9 Å². The number of hydrogen-bond acceptors (Lipinski definition) is 3. The van der Waals surface area contributed by atoms with E-state index < -0.39 is 5.97 Å². The molecule has 108 valence electrons. The molecule has 0 aromatic carbocycles. The molecule has 1 unspecified atom stereocenters. The number of nitrogens with zero attached hydrogens (tertiary/aromatic N) is 2. The lowest BCUT2D eigenvalue weighted by molar-refractivity contribution is -0.139. The maximum Gasteiger partial charge on any atom is 0.304 e. The van der Waals surface area contributed by atoms with Gasteiger partial charge in [-0.15, -0.1) is 0 Å². The van der Waals surface area contributed by atoms with Crippen LogP contribution < -0.4 is 0 Å². The van der Waals surface area contributed by atoms with Gasteiger partial charge in [0.1, 0.15) is 0 Å². The van der Waals surface area contributed by atoms with Gasteiger partial charge in [0.05, 0.1) is 13.0 Å². The van der Waals surface area contributed by atoms with Crippen molar-refractivity contribution in [3.63, 3.8) is 0 Å². The van der Waals surface area contributed by atoms with E-state index in [1.165, 1.54) is 6.42 Å². The second-order valence-electron chi connectivity index (χ2n) is 5.78. The van der Waals surface area contributed by atoms with Gasteiger partial charge < -0.3 is 10.0 Å². The van der Waals surface area contributed by atoms with Crippen molar-refractivity contribution in [3.05, 3.63) is 0 Å². The average Bonchev–Trinajstić information content (AvgIpc) is 3.18. The van der Waals surface area contributed by atoms with Crippen LogP contribution in [0.25, 0.3) is 0 Å². The third-order valence-corrected chi connectivity index (χ3v) is 4.14. The van der Waals surface area contributed by atoms with E-state index in [0.717, 1.165) is 32.2 Å². The first-order chi connectivity index (χ1) is 9.08. The maximum atomic E-state index is 12.3. The molecule has 0 spiro atoms. The molecule has 5 heteroatoms. The summed E-state index contributed by atoms with van der Waals surface area (Å²) in [4.78, 5) is 27.0. The van der Waals surface area contributed by atoms with Crippen LogP contribution in [0.1, 0.15) is 45.4 Å². The normalized spacial score (nSPS) is 23.7. The van der Waals surface area contributed by atoms with Gasteiger partial charge in [-0.3, -0.25) is 14.5 Å². The third-order valence-electron chi connectivity index (χ3n) is 4.14. The first-order valence-electron chi connectivity index (χ1n) is 7.33. The fraction of sp³-hybridized carbons (Fsp3) is 0.857. The third kappa shape index (κ3) is 4.20. The number of rotatable bonds is 6. The fourth-order valence-corrected chi connectivity index (χ4v) is 2.80. The predicted molar refractivity (Wildman–Crippen MR) is 71.9 cm³/mol. The molecule has 2 aliphatic rings. The van der Waals surface area contributed by atoms with Crippen molar-refractivity contribution in [2.45, 2.75) is 57.5 Å². The molecule has 19 heavy (non-hydrogen) atoms. The SMILES string of the molecule is CC1CCCCN1C(=O)CN(CCC(=O)O)C1CC1. The number of carboxylic acid groups (broad SMARTS) is 1. The van der Waals surface area contributed by atoms with Gasteiger partial charge in [-0.05, 0) is 39.0 Å². The first-order valence-corrected chi connectivity index (χ1v) is 7.33. The Hall–Kier alpha value is -1.10. The summed E-state index contributed by atoms with van der Waals surface area (Å²) in [6.07, 6.45) is 5.71. The Balaban J connectivity index is 1.85. The molecular formula is C14H24N2O3. The van der Waals surface area contributed by atoms with E-state index in [2.05, 4.69) is 11.8 Å². The van der Waals surface area contributed by atoms with Crippen molar-refractivity contribution in [3.8, 4) is 0 Å². The highest BCUT2D eigenvalue weighted by Crippen LogP contribution is 2.27. The van der Waals surface area contributed by atoms with Crippen molar-refractivity contribution in [1.29, 1.82) is 0 Å². The Kier molecular flexibility index (Phi) is 4.80. The van der Waals surface area contributed by atoms with Gasteiger partial charge in [-0.1, -0.05) is 0 Å². The van der Waals surface area contributed by atoms with Crippen molar-refractivity contribution in [1.82, 2.24) is 9.80 Å². The molecule has 1 saturated carbocycles. The van der Waals surface area contributed by atoms with E-state index in [-0.39, 0.29) is 12.3 Å². The largest absolute Gasteiger partial charge is 0.481 e. The summed E-state index contributed by atoms with van der Waals surface area (Å²) in [5.41, 5.74) is 0. The Morgan fingerprint density at radius 3 is 2.58 bits per heavy atom. The lowest BCUT2D eigenvalue weighted by atomic mass is 10.0. The lowest BCUT2D eigenvalue weighted by Crippen LogP contribution is -2.47. The highest BCUT2D eigenvalue weighted by Gasteiger charge is 2.32. The second-order valence-corrected chi connectivity index (χ2v) is 5.78. The zero-order valence-corrected chi connectivity index (χ0v) is 11.7. The van der Waals surface area contributed by atoms with E-state index >= 15 is 0 Å². The van der Waals surface area contributed by atoms with Crippen LogP contribution in [0.4, 0.5) is 0 Å². The van der Waals surface area contributed by atoms with Gasteiger partial charge in [0.25, 0.3) is 0 Å². The van der Waals surface area contributed by atoms with Gasteiger partial charge in [0, 0.05) is 25.2 Å². The summed E-state index contributed by atoms with van der Waals surface area (Å²) in [5.74, 6) is -0.617. The van der Waals surface area contributed by atoms with Crippen LogP contribution in [-0.4, -0.2) is 58.5 Å². The van der Waals surface area contributed by atoms with Crippen molar-refractivity contribution in [2.75, 3.05) is 19.6 Å². The average molecular weight is 268 g/mol. The zero-order valence-electron chi connectivity index (χ0n) is 11.7. The minimum absolute atomic E-state index is 0.124. The molecular weight excluding hydrogens is 244 g/mol. The summed E-state index contributed by atoms with van der Waals surface area (Å²) in [7, 11) is 0. The first kappa shape index (κ1) is 14.3. The molecule has 5 nitrogen and oxygen atoms in total. The van der Waals surface area contributed by atoms with E-state index in [9.17, 15) is 9.59 Å². The van der Waals surface area contributed by atoms with E-state index in [1.807, 2.05) is 4.90 Å². The number of likely N-dealkylation sites (tertiary alicyclic amines) is 1. The molecule has 1 N–H and O–H groups in total. The van der Waals surface area contributed by atoms with Gasteiger partial charge in [0.15, 0.2) is 0 Å². The molecule has 2 rings (SSSR count). The Morgan fingerprint density at radius 1 is 1.26 bits per heavy atom. The molecule has 1 amide bonds. The zero-order chi connectivity index (χ0) is 13.8. The molecule has 1 saturated heterocycles. The van der Waals surface area contributed by atoms with Crippen LogP contribution in [0, 0.1) is 0 Å². The van der Waals surface area contributed by atoms with Gasteiger partial charge >= 0.3 is 5.97 Å². The molecule has 1 heterocycles. The number of carbonyl (C=O) groups excluding carboxylic acids is 1. The van der Waals surface area contributed by atoms with Crippen LogP contribution in [0.5, 0.6) is 0 Å². The summed E-state index contributed by atoms with van der Waals surface area (Å²) >= 11 is 0. The molecule has 1 aliphatic heterocycles. The maximum absolute atomic E-state index is 12.3.